The van der Waals surface area contributed by atoms with Gasteiger partial charge in [0.1, 0.15) is 11.2 Å². The molecule has 0 aliphatic carbocycles. The average molecular weight is 882 g/mol. The van der Waals surface area contributed by atoms with Crippen LogP contribution in [0.2, 0.25) is 0 Å². The summed E-state index contributed by atoms with van der Waals surface area (Å²) in [5.41, 5.74) is 15.4. The van der Waals surface area contributed by atoms with Crippen LogP contribution in [0, 0.1) is 0 Å². The monoisotopic (exact) mass is 881 g/mol. The molecule has 10 aromatic carbocycles. The molecule has 14 rings (SSSR count). The van der Waals surface area contributed by atoms with Crippen LogP contribution in [0.3, 0.4) is 0 Å². The molecule has 0 fully saturated rings. The van der Waals surface area contributed by atoms with Crippen LogP contribution in [0.1, 0.15) is 0 Å². The lowest BCUT2D eigenvalue weighted by molar-refractivity contribution is 0.670. The second kappa shape index (κ2) is 15.6. The highest BCUT2D eigenvalue weighted by Crippen LogP contribution is 2.45. The minimum absolute atomic E-state index is 0.538. The third-order valence-electron chi connectivity index (χ3n) is 13.6. The van der Waals surface area contributed by atoms with Crippen molar-refractivity contribution in [2.24, 2.45) is 0 Å². The van der Waals surface area contributed by atoms with Gasteiger partial charge in [-0.05, 0) is 64.2 Å². The fourth-order valence-electron chi connectivity index (χ4n) is 10.4. The van der Waals surface area contributed by atoms with Crippen LogP contribution in [-0.2, 0) is 0 Å². The van der Waals surface area contributed by atoms with Crippen LogP contribution in [0.4, 0.5) is 0 Å². The van der Waals surface area contributed by atoms with Gasteiger partial charge in [0.25, 0.3) is 0 Å². The quantitative estimate of drug-likeness (QED) is 0.160. The van der Waals surface area contributed by atoms with Gasteiger partial charge in [-0.15, -0.1) is 0 Å². The van der Waals surface area contributed by atoms with Crippen LogP contribution >= 0.6 is 0 Å². The molecule has 0 bridgehead atoms. The number of aromatic nitrogens is 5. The third kappa shape index (κ3) is 6.30. The van der Waals surface area contributed by atoms with Gasteiger partial charge in [0.2, 0.25) is 5.95 Å². The molecule has 322 valence electrons. The van der Waals surface area contributed by atoms with Crippen molar-refractivity contribution < 1.29 is 4.42 Å². The molecular formula is C63H39N5O. The Balaban J connectivity index is 1.07. The van der Waals surface area contributed by atoms with E-state index in [0.29, 0.717) is 17.6 Å². The Morgan fingerprint density at radius 2 is 0.783 bits per heavy atom. The standard InChI is InChI=1S/C63H39N5O/c1-4-17-40(18-5-1)42-31-33-44(34-32-42)62-64-61(43-21-8-3-9-22-43)65-63(66-62)68-56-29-14-11-26-49(56)52-36-35-51-48-25-10-13-28-55(48)67(58(51)59(52)68)47-38-53(60-54(39-47)50-27-12-15-30-57(50)69-60)46-24-16-23-45(37-46)41-19-6-2-7-20-41/h1-39H. The molecule has 69 heavy (non-hydrogen) atoms. The van der Waals surface area contributed by atoms with Crippen molar-refractivity contribution in [2.75, 3.05) is 0 Å². The van der Waals surface area contributed by atoms with E-state index in [-0.39, 0.29) is 0 Å². The van der Waals surface area contributed by atoms with Crippen molar-refractivity contribution in [2.45, 2.75) is 0 Å². The number of fused-ring (bicyclic) bond motifs is 10. The van der Waals surface area contributed by atoms with E-state index < -0.39 is 0 Å². The van der Waals surface area contributed by atoms with Gasteiger partial charge in [-0.25, -0.2) is 4.98 Å². The number of para-hydroxylation sites is 3. The lowest BCUT2D eigenvalue weighted by Gasteiger charge is -2.15. The Morgan fingerprint density at radius 3 is 1.45 bits per heavy atom. The van der Waals surface area contributed by atoms with Crippen LogP contribution in [-0.4, -0.2) is 24.1 Å². The summed E-state index contributed by atoms with van der Waals surface area (Å²) in [4.78, 5) is 16.0. The molecule has 0 aliphatic heterocycles. The predicted octanol–water partition coefficient (Wildman–Crippen LogP) is 16.3. The van der Waals surface area contributed by atoms with Gasteiger partial charge in [0.05, 0.1) is 22.1 Å². The highest BCUT2D eigenvalue weighted by Gasteiger charge is 2.25. The van der Waals surface area contributed by atoms with Crippen molar-refractivity contribution in [3.05, 3.63) is 237 Å². The number of rotatable bonds is 7. The van der Waals surface area contributed by atoms with E-state index in [9.17, 15) is 0 Å². The van der Waals surface area contributed by atoms with Crippen LogP contribution in [0.15, 0.2) is 241 Å². The summed E-state index contributed by atoms with van der Waals surface area (Å²) < 4.78 is 11.5. The maximum atomic E-state index is 6.81. The van der Waals surface area contributed by atoms with Gasteiger partial charge in [-0.3, -0.25) is 4.57 Å². The minimum atomic E-state index is 0.538. The Kier molecular flexibility index (Phi) is 8.79. The SMILES string of the molecule is c1ccc(-c2ccc(-c3nc(-c4ccccc4)nc(-n4c5ccccc5c5ccc6c7ccccc7n(-c7cc(-c8cccc(-c9ccccc9)c8)c8oc9ccccc9c8c7)c6c54)n3)cc2)cc1. The van der Waals surface area contributed by atoms with E-state index in [1.807, 2.05) is 30.3 Å². The maximum absolute atomic E-state index is 6.81. The van der Waals surface area contributed by atoms with Crippen LogP contribution in [0.5, 0.6) is 0 Å². The molecule has 14 aromatic rings. The molecule has 0 radical (unpaired) electrons. The first-order valence-corrected chi connectivity index (χ1v) is 23.3. The Morgan fingerprint density at radius 1 is 0.304 bits per heavy atom. The fourth-order valence-corrected chi connectivity index (χ4v) is 10.4. The van der Waals surface area contributed by atoms with Crippen molar-refractivity contribution >= 4 is 65.6 Å². The normalized spacial score (nSPS) is 11.8. The van der Waals surface area contributed by atoms with Gasteiger partial charge in [0, 0.05) is 54.7 Å². The molecule has 0 N–H and O–H groups in total. The van der Waals surface area contributed by atoms with Gasteiger partial charge in [0.15, 0.2) is 11.6 Å². The first-order valence-electron chi connectivity index (χ1n) is 23.3. The second-order valence-electron chi connectivity index (χ2n) is 17.6. The Labute approximate surface area is 396 Å². The molecule has 4 aromatic heterocycles. The zero-order valence-electron chi connectivity index (χ0n) is 37.2. The summed E-state index contributed by atoms with van der Waals surface area (Å²) in [7, 11) is 0. The molecule has 0 unspecified atom stereocenters. The molecule has 0 amide bonds. The van der Waals surface area contributed by atoms with Crippen molar-refractivity contribution in [3.63, 3.8) is 0 Å². The lowest BCUT2D eigenvalue weighted by atomic mass is 9.97. The highest BCUT2D eigenvalue weighted by atomic mass is 16.3. The summed E-state index contributed by atoms with van der Waals surface area (Å²) in [6.07, 6.45) is 0. The molecule has 0 saturated carbocycles. The number of hydrogen-bond donors (Lipinski definition) is 0. The van der Waals surface area contributed by atoms with Gasteiger partial charge >= 0.3 is 0 Å². The summed E-state index contributed by atoms with van der Waals surface area (Å²) in [6.45, 7) is 0. The Bertz CT molecular complexity index is 4280. The Hall–Kier alpha value is -9.39. The van der Waals surface area contributed by atoms with Crippen molar-refractivity contribution in [3.8, 4) is 67.8 Å². The highest BCUT2D eigenvalue weighted by molar-refractivity contribution is 6.24. The first kappa shape index (κ1) is 38.8. The van der Waals surface area contributed by atoms with Crippen LogP contribution < -0.4 is 0 Å². The number of nitrogens with zero attached hydrogens (tertiary/aromatic N) is 5. The van der Waals surface area contributed by atoms with Gasteiger partial charge in [-0.2, -0.15) is 9.97 Å². The van der Waals surface area contributed by atoms with Gasteiger partial charge in [-0.1, -0.05) is 200 Å². The number of benzene rings is 10. The molecule has 0 aliphatic rings. The van der Waals surface area contributed by atoms with Crippen LogP contribution in [0.25, 0.3) is 133 Å². The molecule has 6 nitrogen and oxygen atoms in total. The van der Waals surface area contributed by atoms with E-state index in [1.165, 1.54) is 0 Å². The van der Waals surface area contributed by atoms with E-state index in [2.05, 4.69) is 215 Å². The molecular weight excluding hydrogens is 843 g/mol. The largest absolute Gasteiger partial charge is 0.455 e. The zero-order chi connectivity index (χ0) is 45.4. The molecule has 0 saturated heterocycles. The summed E-state index contributed by atoms with van der Waals surface area (Å²) >= 11 is 0. The third-order valence-corrected chi connectivity index (χ3v) is 13.6. The number of hydrogen-bond acceptors (Lipinski definition) is 4. The first-order chi connectivity index (χ1) is 34.2. The molecule has 6 heteroatoms. The average Bonchev–Trinajstić information content (AvgIpc) is 4.09. The lowest BCUT2D eigenvalue weighted by Crippen LogP contribution is -2.07. The second-order valence-corrected chi connectivity index (χ2v) is 17.6. The van der Waals surface area contributed by atoms with E-state index in [4.69, 9.17) is 19.4 Å². The zero-order valence-corrected chi connectivity index (χ0v) is 37.2. The topological polar surface area (TPSA) is 61.7 Å². The summed E-state index contributed by atoms with van der Waals surface area (Å²) in [5, 5.41) is 6.60. The minimum Gasteiger partial charge on any atom is -0.455 e. The predicted molar refractivity (Wildman–Crippen MR) is 283 cm³/mol. The fraction of sp³-hybridized carbons (Fsp3) is 0. The van der Waals surface area contributed by atoms with E-state index in [0.717, 1.165) is 116 Å². The van der Waals surface area contributed by atoms with E-state index >= 15 is 0 Å². The van der Waals surface area contributed by atoms with Crippen molar-refractivity contribution in [1.82, 2.24) is 24.1 Å². The number of furan rings is 1. The van der Waals surface area contributed by atoms with Crippen molar-refractivity contribution in [1.29, 1.82) is 0 Å². The molecule has 0 spiro atoms. The molecule has 0 atom stereocenters. The summed E-state index contributed by atoms with van der Waals surface area (Å²) in [6, 6.07) is 83.3. The van der Waals surface area contributed by atoms with Gasteiger partial charge < -0.3 is 8.98 Å². The maximum Gasteiger partial charge on any atom is 0.238 e. The van der Waals surface area contributed by atoms with E-state index in [1.54, 1.807) is 0 Å². The smallest absolute Gasteiger partial charge is 0.238 e. The molecule has 4 heterocycles. The summed E-state index contributed by atoms with van der Waals surface area (Å²) in [5.74, 6) is 1.73.